The van der Waals surface area contributed by atoms with Gasteiger partial charge in [-0.3, -0.25) is 0 Å². The molecule has 2 N–H and O–H groups in total. The van der Waals surface area contributed by atoms with Crippen LogP contribution in [0.5, 0.6) is 11.5 Å². The van der Waals surface area contributed by atoms with E-state index in [2.05, 4.69) is 24.3 Å². The largest absolute Gasteiger partial charge is 0.497 e. The molecule has 0 unspecified atom stereocenters. The Labute approximate surface area is 119 Å². The van der Waals surface area contributed by atoms with Crippen LogP contribution in [0.1, 0.15) is 23.5 Å². The molecule has 0 saturated heterocycles. The van der Waals surface area contributed by atoms with Crippen molar-refractivity contribution in [3.8, 4) is 22.6 Å². The lowest BCUT2D eigenvalue weighted by Crippen LogP contribution is -2.06. The standard InChI is InChI=1S/C17H19NO2/c1-19-11-3-5-13-14-6-4-12(20-2)10-17(14)15(7-8-18)16(13)9-11/h3-6,9-10,15H,7-8,18H2,1-2H3. The summed E-state index contributed by atoms with van der Waals surface area (Å²) in [7, 11) is 3.40. The molecule has 0 aliphatic heterocycles. The number of ether oxygens (including phenoxy) is 2. The summed E-state index contributed by atoms with van der Waals surface area (Å²) in [5, 5.41) is 0. The van der Waals surface area contributed by atoms with Crippen molar-refractivity contribution in [3.05, 3.63) is 47.5 Å². The Bertz CT molecular complexity index is 583. The number of hydrogen-bond acceptors (Lipinski definition) is 3. The second-order valence-corrected chi connectivity index (χ2v) is 5.04. The molecule has 2 aromatic rings. The average Bonchev–Trinajstić information content (AvgIpc) is 2.80. The molecule has 0 amide bonds. The van der Waals surface area contributed by atoms with Crippen molar-refractivity contribution in [1.82, 2.24) is 0 Å². The maximum absolute atomic E-state index is 5.80. The van der Waals surface area contributed by atoms with Gasteiger partial charge < -0.3 is 15.2 Å². The first-order chi connectivity index (χ1) is 9.78. The van der Waals surface area contributed by atoms with E-state index in [4.69, 9.17) is 15.2 Å². The third-order valence-electron chi connectivity index (χ3n) is 4.01. The van der Waals surface area contributed by atoms with Gasteiger partial charge in [-0.25, -0.2) is 0 Å². The van der Waals surface area contributed by atoms with E-state index < -0.39 is 0 Å². The highest BCUT2D eigenvalue weighted by atomic mass is 16.5. The normalized spacial score (nSPS) is 12.9. The minimum absolute atomic E-state index is 0.329. The van der Waals surface area contributed by atoms with E-state index in [0.717, 1.165) is 17.9 Å². The third kappa shape index (κ3) is 1.95. The topological polar surface area (TPSA) is 44.5 Å². The van der Waals surface area contributed by atoms with Gasteiger partial charge in [-0.05, 0) is 59.5 Å². The van der Waals surface area contributed by atoms with Gasteiger partial charge in [-0.1, -0.05) is 12.1 Å². The van der Waals surface area contributed by atoms with Crippen molar-refractivity contribution in [3.63, 3.8) is 0 Å². The minimum Gasteiger partial charge on any atom is -0.497 e. The second kappa shape index (κ2) is 5.17. The molecule has 0 saturated carbocycles. The fourth-order valence-corrected chi connectivity index (χ4v) is 3.05. The molecule has 0 radical (unpaired) electrons. The van der Waals surface area contributed by atoms with Crippen LogP contribution in [-0.2, 0) is 0 Å². The first-order valence-electron chi connectivity index (χ1n) is 6.84. The highest BCUT2D eigenvalue weighted by Crippen LogP contribution is 2.48. The Morgan fingerprint density at radius 1 is 0.900 bits per heavy atom. The van der Waals surface area contributed by atoms with Gasteiger partial charge in [0.25, 0.3) is 0 Å². The summed E-state index contributed by atoms with van der Waals surface area (Å²) < 4.78 is 10.7. The molecule has 20 heavy (non-hydrogen) atoms. The molecule has 0 aromatic heterocycles. The molecule has 3 heteroatoms. The summed E-state index contributed by atoms with van der Waals surface area (Å²) in [5.41, 5.74) is 11.0. The molecule has 0 spiro atoms. The van der Waals surface area contributed by atoms with E-state index in [0.29, 0.717) is 12.5 Å². The summed E-state index contributed by atoms with van der Waals surface area (Å²) in [5.74, 6) is 2.12. The molecular weight excluding hydrogens is 250 g/mol. The van der Waals surface area contributed by atoms with Crippen LogP contribution in [0.3, 0.4) is 0 Å². The van der Waals surface area contributed by atoms with E-state index in [1.54, 1.807) is 14.2 Å². The quantitative estimate of drug-likeness (QED) is 0.927. The van der Waals surface area contributed by atoms with Crippen LogP contribution in [0.2, 0.25) is 0 Å². The van der Waals surface area contributed by atoms with Crippen LogP contribution in [0.15, 0.2) is 36.4 Å². The number of benzene rings is 2. The lowest BCUT2D eigenvalue weighted by molar-refractivity contribution is 0.413. The van der Waals surface area contributed by atoms with Crippen LogP contribution in [0.4, 0.5) is 0 Å². The molecule has 1 aliphatic rings. The van der Waals surface area contributed by atoms with Gasteiger partial charge in [-0.15, -0.1) is 0 Å². The summed E-state index contributed by atoms with van der Waals surface area (Å²) in [6.45, 7) is 0.665. The molecule has 2 aromatic carbocycles. The van der Waals surface area contributed by atoms with Crippen molar-refractivity contribution < 1.29 is 9.47 Å². The van der Waals surface area contributed by atoms with Crippen LogP contribution < -0.4 is 15.2 Å². The first kappa shape index (κ1) is 13.0. The van der Waals surface area contributed by atoms with Gasteiger partial charge in [-0.2, -0.15) is 0 Å². The van der Waals surface area contributed by atoms with Crippen molar-refractivity contribution >= 4 is 0 Å². The molecule has 1 aliphatic carbocycles. The van der Waals surface area contributed by atoms with Gasteiger partial charge in [0.2, 0.25) is 0 Å². The molecule has 3 nitrogen and oxygen atoms in total. The highest BCUT2D eigenvalue weighted by Gasteiger charge is 2.28. The van der Waals surface area contributed by atoms with E-state index in [1.807, 2.05) is 12.1 Å². The summed E-state index contributed by atoms with van der Waals surface area (Å²) in [6.07, 6.45) is 0.931. The van der Waals surface area contributed by atoms with Crippen LogP contribution in [0, 0.1) is 0 Å². The van der Waals surface area contributed by atoms with Gasteiger partial charge in [0.05, 0.1) is 14.2 Å². The van der Waals surface area contributed by atoms with E-state index >= 15 is 0 Å². The molecule has 3 rings (SSSR count). The number of rotatable bonds is 4. The Balaban J connectivity index is 2.16. The van der Waals surface area contributed by atoms with Crippen LogP contribution in [0.25, 0.3) is 11.1 Å². The van der Waals surface area contributed by atoms with Crippen LogP contribution in [-0.4, -0.2) is 20.8 Å². The van der Waals surface area contributed by atoms with Crippen molar-refractivity contribution in [2.24, 2.45) is 5.73 Å². The van der Waals surface area contributed by atoms with Crippen molar-refractivity contribution in [2.75, 3.05) is 20.8 Å². The molecule has 0 heterocycles. The number of hydrogen-bond donors (Lipinski definition) is 1. The van der Waals surface area contributed by atoms with Gasteiger partial charge in [0, 0.05) is 5.92 Å². The second-order valence-electron chi connectivity index (χ2n) is 5.04. The predicted molar refractivity (Wildman–Crippen MR) is 80.5 cm³/mol. The summed E-state index contributed by atoms with van der Waals surface area (Å²) in [4.78, 5) is 0. The molecule has 104 valence electrons. The Morgan fingerprint density at radius 3 is 1.80 bits per heavy atom. The highest BCUT2D eigenvalue weighted by molar-refractivity contribution is 5.80. The van der Waals surface area contributed by atoms with Gasteiger partial charge in [0.1, 0.15) is 11.5 Å². The minimum atomic E-state index is 0.329. The van der Waals surface area contributed by atoms with E-state index in [1.165, 1.54) is 22.3 Å². The summed E-state index contributed by atoms with van der Waals surface area (Å²) >= 11 is 0. The van der Waals surface area contributed by atoms with E-state index in [-0.39, 0.29) is 0 Å². The van der Waals surface area contributed by atoms with Crippen molar-refractivity contribution in [2.45, 2.75) is 12.3 Å². The molecule has 0 fully saturated rings. The monoisotopic (exact) mass is 269 g/mol. The fraction of sp³-hybridized carbons (Fsp3) is 0.294. The van der Waals surface area contributed by atoms with Crippen LogP contribution >= 0.6 is 0 Å². The predicted octanol–water partition coefficient (Wildman–Crippen LogP) is 3.16. The molecular formula is C17H19NO2. The maximum Gasteiger partial charge on any atom is 0.119 e. The SMILES string of the molecule is COc1ccc2c(c1)C(CCN)c1cc(OC)ccc1-2. The molecule has 0 atom stereocenters. The van der Waals surface area contributed by atoms with E-state index in [9.17, 15) is 0 Å². The number of fused-ring (bicyclic) bond motifs is 3. The zero-order valence-electron chi connectivity index (χ0n) is 11.8. The Morgan fingerprint density at radius 2 is 1.40 bits per heavy atom. The third-order valence-corrected chi connectivity index (χ3v) is 4.01. The number of methoxy groups -OCH3 is 2. The Hall–Kier alpha value is -2.00. The Kier molecular flexibility index (Phi) is 3.36. The van der Waals surface area contributed by atoms with Gasteiger partial charge >= 0.3 is 0 Å². The first-order valence-corrected chi connectivity index (χ1v) is 6.84. The number of nitrogens with two attached hydrogens (primary N) is 1. The van der Waals surface area contributed by atoms with Gasteiger partial charge in [0.15, 0.2) is 0 Å². The zero-order chi connectivity index (χ0) is 14.1. The fourth-order valence-electron chi connectivity index (χ4n) is 3.05. The average molecular weight is 269 g/mol. The maximum atomic E-state index is 5.80. The van der Waals surface area contributed by atoms with Crippen molar-refractivity contribution in [1.29, 1.82) is 0 Å². The molecule has 0 bridgehead atoms. The zero-order valence-corrected chi connectivity index (χ0v) is 11.8. The summed E-state index contributed by atoms with van der Waals surface area (Å²) in [6, 6.07) is 12.5. The smallest absolute Gasteiger partial charge is 0.119 e. The lowest BCUT2D eigenvalue weighted by atomic mass is 9.93. The lowest BCUT2D eigenvalue weighted by Gasteiger charge is -2.13.